The van der Waals surface area contributed by atoms with E-state index >= 15 is 0 Å². The molecule has 4 heteroatoms. The Morgan fingerprint density at radius 3 is 2.15 bits per heavy atom. The molecule has 0 spiro atoms. The maximum atomic E-state index is 13.0. The van der Waals surface area contributed by atoms with Crippen molar-refractivity contribution in [2.75, 3.05) is 38.5 Å². The van der Waals surface area contributed by atoms with Crippen LogP contribution in [-0.2, 0) is 6.54 Å². The van der Waals surface area contributed by atoms with Crippen molar-refractivity contribution in [2.45, 2.75) is 33.7 Å². The first kappa shape index (κ1) is 16.9. The molecule has 0 aliphatic rings. The molecule has 0 saturated heterocycles. The number of halogens is 1. The minimum absolute atomic E-state index is 0.268. The fourth-order valence-corrected chi connectivity index (χ4v) is 2.36. The van der Waals surface area contributed by atoms with Crippen LogP contribution in [0.5, 0.6) is 0 Å². The van der Waals surface area contributed by atoms with Gasteiger partial charge in [0, 0.05) is 12.2 Å². The van der Waals surface area contributed by atoms with Crippen LogP contribution < -0.4 is 5.73 Å². The van der Waals surface area contributed by atoms with Gasteiger partial charge in [-0.1, -0.05) is 26.8 Å². The summed E-state index contributed by atoms with van der Waals surface area (Å²) in [5, 5.41) is 0. The molecule has 0 radical (unpaired) electrons. The lowest BCUT2D eigenvalue weighted by Crippen LogP contribution is -2.30. The van der Waals surface area contributed by atoms with Crippen molar-refractivity contribution in [1.82, 2.24) is 9.80 Å². The van der Waals surface area contributed by atoms with Gasteiger partial charge in [-0.15, -0.1) is 0 Å². The zero-order valence-electron chi connectivity index (χ0n) is 13.0. The summed E-state index contributed by atoms with van der Waals surface area (Å²) in [5.41, 5.74) is 7.43. The average molecular weight is 281 g/mol. The summed E-state index contributed by atoms with van der Waals surface area (Å²) in [7, 11) is 0. The summed E-state index contributed by atoms with van der Waals surface area (Å²) < 4.78 is 13.0. The van der Waals surface area contributed by atoms with E-state index < -0.39 is 0 Å². The lowest BCUT2D eigenvalue weighted by Gasteiger charge is -2.24. The van der Waals surface area contributed by atoms with Crippen LogP contribution >= 0.6 is 0 Å². The second-order valence-electron chi connectivity index (χ2n) is 5.09. The number of hydrogen-bond acceptors (Lipinski definition) is 3. The lowest BCUT2D eigenvalue weighted by atomic mass is 10.1. The molecule has 0 amide bonds. The van der Waals surface area contributed by atoms with Crippen LogP contribution in [0.25, 0.3) is 0 Å². The summed E-state index contributed by atoms with van der Waals surface area (Å²) >= 11 is 0. The zero-order valence-corrected chi connectivity index (χ0v) is 13.0. The zero-order chi connectivity index (χ0) is 15.0. The van der Waals surface area contributed by atoms with E-state index in [0.717, 1.165) is 51.3 Å². The van der Waals surface area contributed by atoms with Crippen LogP contribution in [0.15, 0.2) is 18.2 Å². The van der Waals surface area contributed by atoms with Gasteiger partial charge in [0.2, 0.25) is 0 Å². The number of anilines is 1. The highest BCUT2D eigenvalue weighted by Crippen LogP contribution is 2.15. The predicted octanol–water partition coefficient (Wildman–Crippen LogP) is 2.96. The third-order valence-electron chi connectivity index (χ3n) is 3.79. The Kier molecular flexibility index (Phi) is 7.55. The van der Waals surface area contributed by atoms with Gasteiger partial charge in [-0.2, -0.15) is 0 Å². The monoisotopic (exact) mass is 281 g/mol. The molecule has 114 valence electrons. The highest BCUT2D eigenvalue weighted by Gasteiger charge is 2.08. The standard InChI is InChI=1S/C16H28FN3/c1-4-19(5-2)10-7-11-20(6-3)13-14-8-9-15(17)12-16(14)18/h8-9,12H,4-7,10-11,13,18H2,1-3H3. The van der Waals surface area contributed by atoms with Crippen molar-refractivity contribution in [2.24, 2.45) is 0 Å². The first-order valence-corrected chi connectivity index (χ1v) is 7.59. The highest BCUT2D eigenvalue weighted by atomic mass is 19.1. The van der Waals surface area contributed by atoms with Gasteiger partial charge in [0.25, 0.3) is 0 Å². The maximum absolute atomic E-state index is 13.0. The Morgan fingerprint density at radius 1 is 1.00 bits per heavy atom. The number of hydrogen-bond donors (Lipinski definition) is 1. The second-order valence-corrected chi connectivity index (χ2v) is 5.09. The molecule has 0 bridgehead atoms. The van der Waals surface area contributed by atoms with E-state index in [1.807, 2.05) is 0 Å². The van der Waals surface area contributed by atoms with Crippen LogP contribution in [0.4, 0.5) is 10.1 Å². The van der Waals surface area contributed by atoms with Gasteiger partial charge in [-0.05, 0) is 56.8 Å². The summed E-state index contributed by atoms with van der Waals surface area (Å²) in [6.07, 6.45) is 1.15. The minimum atomic E-state index is -0.268. The van der Waals surface area contributed by atoms with Crippen LogP contribution in [0.3, 0.4) is 0 Å². The Balaban J connectivity index is 2.46. The molecule has 0 fully saturated rings. The summed E-state index contributed by atoms with van der Waals surface area (Å²) in [5.74, 6) is -0.268. The van der Waals surface area contributed by atoms with Crippen molar-refractivity contribution < 1.29 is 4.39 Å². The number of nitrogen functional groups attached to an aromatic ring is 1. The van der Waals surface area contributed by atoms with Crippen LogP contribution in [0.1, 0.15) is 32.8 Å². The fourth-order valence-electron chi connectivity index (χ4n) is 2.36. The van der Waals surface area contributed by atoms with Crippen LogP contribution in [0.2, 0.25) is 0 Å². The van der Waals surface area contributed by atoms with E-state index in [-0.39, 0.29) is 5.82 Å². The first-order valence-electron chi connectivity index (χ1n) is 7.59. The SMILES string of the molecule is CCN(CC)CCCN(CC)Cc1ccc(F)cc1N. The van der Waals surface area contributed by atoms with Crippen molar-refractivity contribution in [3.63, 3.8) is 0 Å². The second kappa shape index (κ2) is 8.93. The van der Waals surface area contributed by atoms with Gasteiger partial charge < -0.3 is 10.6 Å². The molecule has 2 N–H and O–H groups in total. The maximum Gasteiger partial charge on any atom is 0.125 e. The average Bonchev–Trinajstić information content (AvgIpc) is 2.44. The molecule has 0 aliphatic carbocycles. The van der Waals surface area contributed by atoms with Crippen molar-refractivity contribution >= 4 is 5.69 Å². The normalized spacial score (nSPS) is 11.5. The van der Waals surface area contributed by atoms with Gasteiger partial charge in [0.15, 0.2) is 0 Å². The molecule has 0 aliphatic heterocycles. The van der Waals surface area contributed by atoms with Gasteiger partial charge in [0.05, 0.1) is 0 Å². The first-order chi connectivity index (χ1) is 9.60. The van der Waals surface area contributed by atoms with E-state index in [1.54, 1.807) is 6.07 Å². The Bertz CT molecular complexity index is 391. The van der Waals surface area contributed by atoms with Crippen molar-refractivity contribution in [3.05, 3.63) is 29.6 Å². The van der Waals surface area contributed by atoms with Gasteiger partial charge in [-0.3, -0.25) is 4.90 Å². The molecule has 0 saturated carbocycles. The Morgan fingerprint density at radius 2 is 1.60 bits per heavy atom. The van der Waals surface area contributed by atoms with E-state index in [0.29, 0.717) is 5.69 Å². The number of benzene rings is 1. The number of rotatable bonds is 9. The number of nitrogens with zero attached hydrogens (tertiary/aromatic N) is 2. The molecule has 0 atom stereocenters. The third kappa shape index (κ3) is 5.47. The van der Waals surface area contributed by atoms with Crippen LogP contribution in [-0.4, -0.2) is 42.5 Å². The number of nitrogens with two attached hydrogens (primary N) is 1. The molecule has 0 unspecified atom stereocenters. The predicted molar refractivity (Wildman–Crippen MR) is 84.2 cm³/mol. The quantitative estimate of drug-likeness (QED) is 0.706. The van der Waals surface area contributed by atoms with Crippen LogP contribution in [0, 0.1) is 5.82 Å². The molecule has 1 aromatic rings. The Labute approximate surface area is 122 Å². The molecule has 1 aromatic carbocycles. The summed E-state index contributed by atoms with van der Waals surface area (Å²) in [4.78, 5) is 4.78. The Hall–Kier alpha value is -1.13. The van der Waals surface area contributed by atoms with E-state index in [4.69, 9.17) is 5.73 Å². The molecule has 3 nitrogen and oxygen atoms in total. The minimum Gasteiger partial charge on any atom is -0.398 e. The van der Waals surface area contributed by atoms with Crippen molar-refractivity contribution in [1.29, 1.82) is 0 Å². The largest absolute Gasteiger partial charge is 0.398 e. The van der Waals surface area contributed by atoms with E-state index in [9.17, 15) is 4.39 Å². The molecule has 0 heterocycles. The summed E-state index contributed by atoms with van der Waals surface area (Å²) in [6.45, 7) is 12.7. The summed E-state index contributed by atoms with van der Waals surface area (Å²) in [6, 6.07) is 4.67. The molecular formula is C16H28FN3. The van der Waals surface area contributed by atoms with E-state index in [2.05, 4.69) is 30.6 Å². The topological polar surface area (TPSA) is 32.5 Å². The molecule has 20 heavy (non-hydrogen) atoms. The van der Waals surface area contributed by atoms with E-state index in [1.165, 1.54) is 12.1 Å². The fraction of sp³-hybridized carbons (Fsp3) is 0.625. The lowest BCUT2D eigenvalue weighted by molar-refractivity contribution is 0.238. The smallest absolute Gasteiger partial charge is 0.125 e. The van der Waals surface area contributed by atoms with Gasteiger partial charge in [-0.25, -0.2) is 4.39 Å². The van der Waals surface area contributed by atoms with Gasteiger partial charge >= 0.3 is 0 Å². The molecular weight excluding hydrogens is 253 g/mol. The molecule has 1 rings (SSSR count). The molecule has 0 aromatic heterocycles. The van der Waals surface area contributed by atoms with Crippen molar-refractivity contribution in [3.8, 4) is 0 Å². The van der Waals surface area contributed by atoms with Gasteiger partial charge in [0.1, 0.15) is 5.82 Å². The highest BCUT2D eigenvalue weighted by molar-refractivity contribution is 5.46. The third-order valence-corrected chi connectivity index (χ3v) is 3.79.